The molecule has 0 heterocycles. The minimum Gasteiger partial charge on any atom is -0.455 e. The van der Waals surface area contributed by atoms with Gasteiger partial charge in [0.25, 0.3) is 0 Å². The Morgan fingerprint density at radius 1 is 1.05 bits per heavy atom. The lowest BCUT2D eigenvalue weighted by Crippen LogP contribution is -2.11. The minimum absolute atomic E-state index is 0.372. The maximum Gasteiger partial charge on any atom is 0.248 e. The lowest BCUT2D eigenvalue weighted by Gasteiger charge is -2.15. The first-order valence-corrected chi connectivity index (χ1v) is 6.34. The number of anilines is 1. The summed E-state index contributed by atoms with van der Waals surface area (Å²) in [5, 5.41) is 0. The number of aryl methyl sites for hydroxylation is 2. The zero-order valence-corrected chi connectivity index (χ0v) is 11.9. The Bertz CT molecular complexity index is 678. The maximum atomic E-state index is 11.2. The molecule has 0 bridgehead atoms. The van der Waals surface area contributed by atoms with Gasteiger partial charge in [-0.15, -0.1) is 0 Å². The standard InChI is InChI=1S/C16H18N2O2/c1-9-4-5-10(2)15(11(9)3)20-14-8-12(16(18)19)6-7-13(14)17/h4-8H,17H2,1-3H3,(H2,18,19). The lowest BCUT2D eigenvalue weighted by atomic mass is 10.1. The van der Waals surface area contributed by atoms with Crippen molar-refractivity contribution in [2.75, 3.05) is 5.73 Å². The second-order valence-electron chi connectivity index (χ2n) is 4.87. The summed E-state index contributed by atoms with van der Waals surface area (Å²) in [6, 6.07) is 8.81. The summed E-state index contributed by atoms with van der Waals surface area (Å²) in [6.07, 6.45) is 0. The van der Waals surface area contributed by atoms with Crippen LogP contribution in [0.25, 0.3) is 0 Å². The zero-order valence-electron chi connectivity index (χ0n) is 11.9. The summed E-state index contributed by atoms with van der Waals surface area (Å²) in [4.78, 5) is 11.2. The molecule has 1 amide bonds. The molecule has 2 aromatic rings. The van der Waals surface area contributed by atoms with E-state index in [4.69, 9.17) is 16.2 Å². The molecule has 2 aromatic carbocycles. The van der Waals surface area contributed by atoms with Gasteiger partial charge in [0, 0.05) is 5.56 Å². The summed E-state index contributed by atoms with van der Waals surface area (Å²) < 4.78 is 5.91. The van der Waals surface area contributed by atoms with E-state index in [9.17, 15) is 4.79 Å². The van der Waals surface area contributed by atoms with Crippen LogP contribution >= 0.6 is 0 Å². The maximum absolute atomic E-state index is 11.2. The Hall–Kier alpha value is -2.49. The molecule has 0 unspecified atom stereocenters. The molecular formula is C16H18N2O2. The van der Waals surface area contributed by atoms with Crippen LogP contribution in [0.1, 0.15) is 27.0 Å². The van der Waals surface area contributed by atoms with Crippen LogP contribution in [0.15, 0.2) is 30.3 Å². The van der Waals surface area contributed by atoms with Crippen LogP contribution in [0.5, 0.6) is 11.5 Å². The summed E-state index contributed by atoms with van der Waals surface area (Å²) in [6.45, 7) is 5.98. The topological polar surface area (TPSA) is 78.3 Å². The van der Waals surface area contributed by atoms with Crippen molar-refractivity contribution >= 4 is 11.6 Å². The second kappa shape index (κ2) is 5.25. The fourth-order valence-electron chi connectivity index (χ4n) is 1.97. The Morgan fingerprint density at radius 3 is 2.35 bits per heavy atom. The average molecular weight is 270 g/mol. The predicted octanol–water partition coefficient (Wildman–Crippen LogP) is 3.09. The Morgan fingerprint density at radius 2 is 1.70 bits per heavy atom. The molecule has 2 rings (SSSR count). The molecule has 104 valence electrons. The third-order valence-electron chi connectivity index (χ3n) is 3.38. The summed E-state index contributed by atoms with van der Waals surface area (Å²) in [7, 11) is 0. The number of carbonyl (C=O) groups excluding carboxylic acids is 1. The number of rotatable bonds is 3. The molecule has 0 aliphatic rings. The van der Waals surface area contributed by atoms with Gasteiger partial charge in [0.05, 0.1) is 5.69 Å². The van der Waals surface area contributed by atoms with Gasteiger partial charge in [0.2, 0.25) is 5.91 Å². The summed E-state index contributed by atoms with van der Waals surface area (Å²) in [5.41, 5.74) is 15.2. The van der Waals surface area contributed by atoms with Gasteiger partial charge in [-0.1, -0.05) is 12.1 Å². The van der Waals surface area contributed by atoms with Crippen LogP contribution in [0.2, 0.25) is 0 Å². The first-order valence-electron chi connectivity index (χ1n) is 6.34. The summed E-state index contributed by atoms with van der Waals surface area (Å²) >= 11 is 0. The van der Waals surface area contributed by atoms with E-state index in [1.165, 1.54) is 0 Å². The molecule has 0 aromatic heterocycles. The number of primary amides is 1. The van der Waals surface area contributed by atoms with Crippen molar-refractivity contribution in [2.45, 2.75) is 20.8 Å². The smallest absolute Gasteiger partial charge is 0.248 e. The highest BCUT2D eigenvalue weighted by Crippen LogP contribution is 2.34. The van der Waals surface area contributed by atoms with E-state index in [1.54, 1.807) is 18.2 Å². The van der Waals surface area contributed by atoms with Gasteiger partial charge >= 0.3 is 0 Å². The van der Waals surface area contributed by atoms with Crippen LogP contribution < -0.4 is 16.2 Å². The van der Waals surface area contributed by atoms with E-state index < -0.39 is 5.91 Å². The first-order chi connectivity index (χ1) is 9.40. The number of carbonyl (C=O) groups is 1. The third-order valence-corrected chi connectivity index (χ3v) is 3.38. The molecule has 0 atom stereocenters. The molecule has 0 radical (unpaired) electrons. The molecule has 0 fully saturated rings. The van der Waals surface area contributed by atoms with E-state index in [0.29, 0.717) is 17.0 Å². The van der Waals surface area contributed by atoms with Gasteiger partial charge in [-0.05, 0) is 55.7 Å². The van der Waals surface area contributed by atoms with Crippen LogP contribution in [0.4, 0.5) is 5.69 Å². The highest BCUT2D eigenvalue weighted by atomic mass is 16.5. The van der Waals surface area contributed by atoms with Crippen molar-refractivity contribution in [3.8, 4) is 11.5 Å². The molecule has 0 spiro atoms. The van der Waals surface area contributed by atoms with E-state index in [1.807, 2.05) is 32.9 Å². The SMILES string of the molecule is Cc1ccc(C)c(Oc2cc(C(N)=O)ccc2N)c1C. The second-order valence-corrected chi connectivity index (χ2v) is 4.87. The number of nitrogen functional groups attached to an aromatic ring is 1. The normalized spacial score (nSPS) is 10.3. The molecule has 4 N–H and O–H groups in total. The van der Waals surface area contributed by atoms with Crippen molar-refractivity contribution in [1.82, 2.24) is 0 Å². The monoisotopic (exact) mass is 270 g/mol. The van der Waals surface area contributed by atoms with Gasteiger partial charge in [0.15, 0.2) is 5.75 Å². The first kappa shape index (κ1) is 13.9. The average Bonchev–Trinajstić information content (AvgIpc) is 2.41. The van der Waals surface area contributed by atoms with Crippen molar-refractivity contribution < 1.29 is 9.53 Å². The van der Waals surface area contributed by atoms with Gasteiger partial charge in [-0.3, -0.25) is 4.79 Å². The highest BCUT2D eigenvalue weighted by molar-refractivity contribution is 5.93. The van der Waals surface area contributed by atoms with E-state index >= 15 is 0 Å². The third kappa shape index (κ3) is 2.59. The number of hydrogen-bond donors (Lipinski definition) is 2. The van der Waals surface area contributed by atoms with E-state index in [0.717, 1.165) is 22.4 Å². The fraction of sp³-hybridized carbons (Fsp3) is 0.188. The number of hydrogen-bond acceptors (Lipinski definition) is 3. The molecule has 0 aliphatic carbocycles. The van der Waals surface area contributed by atoms with E-state index in [-0.39, 0.29) is 0 Å². The number of amides is 1. The van der Waals surface area contributed by atoms with Crippen molar-refractivity contribution in [1.29, 1.82) is 0 Å². The van der Waals surface area contributed by atoms with Crippen molar-refractivity contribution in [3.05, 3.63) is 52.6 Å². The van der Waals surface area contributed by atoms with Crippen molar-refractivity contribution in [2.24, 2.45) is 5.73 Å². The number of ether oxygens (including phenoxy) is 1. The number of benzene rings is 2. The molecule has 0 saturated heterocycles. The Labute approximate surface area is 118 Å². The Balaban J connectivity index is 2.47. The van der Waals surface area contributed by atoms with Gasteiger partial charge < -0.3 is 16.2 Å². The highest BCUT2D eigenvalue weighted by Gasteiger charge is 2.11. The molecule has 4 nitrogen and oxygen atoms in total. The molecule has 4 heteroatoms. The van der Waals surface area contributed by atoms with E-state index in [2.05, 4.69) is 0 Å². The molecule has 0 aliphatic heterocycles. The van der Waals surface area contributed by atoms with Gasteiger partial charge in [0.1, 0.15) is 5.75 Å². The zero-order chi connectivity index (χ0) is 14.9. The largest absolute Gasteiger partial charge is 0.455 e. The molecular weight excluding hydrogens is 252 g/mol. The minimum atomic E-state index is -0.507. The van der Waals surface area contributed by atoms with Crippen molar-refractivity contribution in [3.63, 3.8) is 0 Å². The van der Waals surface area contributed by atoms with Gasteiger partial charge in [-0.25, -0.2) is 0 Å². The fourth-order valence-corrected chi connectivity index (χ4v) is 1.97. The predicted molar refractivity (Wildman–Crippen MR) is 80.1 cm³/mol. The van der Waals surface area contributed by atoms with Gasteiger partial charge in [-0.2, -0.15) is 0 Å². The quantitative estimate of drug-likeness (QED) is 0.841. The van der Waals surface area contributed by atoms with Crippen LogP contribution in [0, 0.1) is 20.8 Å². The van der Waals surface area contributed by atoms with Crippen LogP contribution in [0.3, 0.4) is 0 Å². The lowest BCUT2D eigenvalue weighted by molar-refractivity contribution is 0.1000. The molecule has 20 heavy (non-hydrogen) atoms. The Kier molecular flexibility index (Phi) is 3.66. The summed E-state index contributed by atoms with van der Waals surface area (Å²) in [5.74, 6) is 0.698. The van der Waals surface area contributed by atoms with Crippen LogP contribution in [-0.4, -0.2) is 5.91 Å². The van der Waals surface area contributed by atoms with Crippen LogP contribution in [-0.2, 0) is 0 Å². The molecule has 0 saturated carbocycles. The number of nitrogens with two attached hydrogens (primary N) is 2.